The Morgan fingerprint density at radius 3 is 3.00 bits per heavy atom. The van der Waals surface area contributed by atoms with Crippen molar-refractivity contribution >= 4 is 0 Å². The van der Waals surface area contributed by atoms with Crippen molar-refractivity contribution < 1.29 is 0 Å². The molecule has 0 aromatic carbocycles. The minimum absolute atomic E-state index is 0.509. The Hall–Kier alpha value is -0.960. The quantitative estimate of drug-likeness (QED) is 0.678. The molecule has 3 heteroatoms. The number of rotatable bonds is 1. The fraction of sp³-hybridized carbons (Fsp3) is 0.556. The van der Waals surface area contributed by atoms with Gasteiger partial charge in [-0.1, -0.05) is 6.42 Å². The van der Waals surface area contributed by atoms with E-state index in [9.17, 15) is 0 Å². The van der Waals surface area contributed by atoms with Crippen molar-refractivity contribution in [3.05, 3.63) is 24.0 Å². The SMILES string of the molecule is c1cc([C@@H]2CCCCN2)cnn1. The molecule has 1 fully saturated rings. The van der Waals surface area contributed by atoms with Crippen molar-refractivity contribution in [3.8, 4) is 0 Å². The van der Waals surface area contributed by atoms with Crippen LogP contribution in [0.15, 0.2) is 18.5 Å². The molecule has 1 aromatic heterocycles. The van der Waals surface area contributed by atoms with Gasteiger partial charge in [0, 0.05) is 12.2 Å². The second-order valence-electron chi connectivity index (χ2n) is 3.18. The van der Waals surface area contributed by atoms with Gasteiger partial charge < -0.3 is 5.32 Å². The van der Waals surface area contributed by atoms with Crippen LogP contribution in [0.2, 0.25) is 0 Å². The van der Waals surface area contributed by atoms with Crippen molar-refractivity contribution in [3.63, 3.8) is 0 Å². The van der Waals surface area contributed by atoms with E-state index in [0.717, 1.165) is 6.54 Å². The average molecular weight is 163 g/mol. The zero-order valence-electron chi connectivity index (χ0n) is 7.03. The second-order valence-corrected chi connectivity index (χ2v) is 3.18. The molecule has 64 valence electrons. The molecule has 1 aromatic rings. The summed E-state index contributed by atoms with van der Waals surface area (Å²) in [5, 5.41) is 11.1. The van der Waals surface area contributed by atoms with E-state index < -0.39 is 0 Å². The van der Waals surface area contributed by atoms with Gasteiger partial charge in [0.2, 0.25) is 0 Å². The van der Waals surface area contributed by atoms with Crippen LogP contribution in [0.5, 0.6) is 0 Å². The number of nitrogens with one attached hydrogen (secondary N) is 1. The van der Waals surface area contributed by atoms with Crippen molar-refractivity contribution in [2.45, 2.75) is 25.3 Å². The summed E-state index contributed by atoms with van der Waals surface area (Å²) in [5.74, 6) is 0. The molecular formula is C9H13N3. The predicted molar refractivity (Wildman–Crippen MR) is 46.6 cm³/mol. The van der Waals surface area contributed by atoms with Crippen molar-refractivity contribution in [1.29, 1.82) is 0 Å². The molecule has 1 N–H and O–H groups in total. The first kappa shape index (κ1) is 7.68. The molecule has 1 atom stereocenters. The minimum Gasteiger partial charge on any atom is -0.310 e. The van der Waals surface area contributed by atoms with E-state index >= 15 is 0 Å². The van der Waals surface area contributed by atoms with Crippen LogP contribution in [0.3, 0.4) is 0 Å². The lowest BCUT2D eigenvalue weighted by atomic mass is 9.99. The maximum atomic E-state index is 3.87. The van der Waals surface area contributed by atoms with Gasteiger partial charge in [0.05, 0.1) is 6.20 Å². The minimum atomic E-state index is 0.509. The van der Waals surface area contributed by atoms with Gasteiger partial charge in [-0.15, -0.1) is 0 Å². The summed E-state index contributed by atoms with van der Waals surface area (Å²) in [6.45, 7) is 1.13. The van der Waals surface area contributed by atoms with E-state index in [1.54, 1.807) is 6.20 Å². The van der Waals surface area contributed by atoms with E-state index in [-0.39, 0.29) is 0 Å². The van der Waals surface area contributed by atoms with Gasteiger partial charge in [0.1, 0.15) is 0 Å². The highest BCUT2D eigenvalue weighted by molar-refractivity contribution is 5.11. The van der Waals surface area contributed by atoms with Crippen LogP contribution in [0.25, 0.3) is 0 Å². The first-order valence-corrected chi connectivity index (χ1v) is 4.47. The molecule has 0 saturated carbocycles. The number of hydrogen-bond acceptors (Lipinski definition) is 3. The monoisotopic (exact) mass is 163 g/mol. The third-order valence-corrected chi connectivity index (χ3v) is 2.32. The Bertz CT molecular complexity index is 229. The molecule has 0 radical (unpaired) electrons. The van der Waals surface area contributed by atoms with Crippen LogP contribution in [0.1, 0.15) is 30.9 Å². The first-order valence-electron chi connectivity index (χ1n) is 4.47. The summed E-state index contributed by atoms with van der Waals surface area (Å²) >= 11 is 0. The van der Waals surface area contributed by atoms with Crippen molar-refractivity contribution in [2.75, 3.05) is 6.54 Å². The van der Waals surface area contributed by atoms with E-state index in [1.807, 2.05) is 12.3 Å². The smallest absolute Gasteiger partial charge is 0.0544 e. The summed E-state index contributed by atoms with van der Waals surface area (Å²) in [5.41, 5.74) is 1.27. The molecule has 0 amide bonds. The molecule has 0 spiro atoms. The van der Waals surface area contributed by atoms with Gasteiger partial charge in [0.25, 0.3) is 0 Å². The van der Waals surface area contributed by atoms with Crippen LogP contribution < -0.4 is 5.32 Å². The highest BCUT2D eigenvalue weighted by Crippen LogP contribution is 2.21. The van der Waals surface area contributed by atoms with E-state index in [4.69, 9.17) is 0 Å². The van der Waals surface area contributed by atoms with E-state index in [1.165, 1.54) is 24.8 Å². The largest absolute Gasteiger partial charge is 0.310 e. The predicted octanol–water partition coefficient (Wildman–Crippen LogP) is 1.29. The maximum Gasteiger partial charge on any atom is 0.0544 e. The summed E-state index contributed by atoms with van der Waals surface area (Å²) in [4.78, 5) is 0. The Balaban J connectivity index is 2.08. The topological polar surface area (TPSA) is 37.8 Å². The Labute approximate surface area is 72.2 Å². The summed E-state index contributed by atoms with van der Waals surface area (Å²) in [7, 11) is 0. The molecule has 1 saturated heterocycles. The number of hydrogen-bond donors (Lipinski definition) is 1. The van der Waals surface area contributed by atoms with Crippen LogP contribution in [-0.2, 0) is 0 Å². The summed E-state index contributed by atoms with van der Waals surface area (Å²) < 4.78 is 0. The third kappa shape index (κ3) is 1.61. The molecule has 0 bridgehead atoms. The number of nitrogens with zero attached hydrogens (tertiary/aromatic N) is 2. The van der Waals surface area contributed by atoms with Gasteiger partial charge >= 0.3 is 0 Å². The highest BCUT2D eigenvalue weighted by atomic mass is 15.1. The summed E-state index contributed by atoms with van der Waals surface area (Å²) in [6.07, 6.45) is 7.45. The highest BCUT2D eigenvalue weighted by Gasteiger charge is 2.13. The van der Waals surface area contributed by atoms with E-state index in [0.29, 0.717) is 6.04 Å². The van der Waals surface area contributed by atoms with E-state index in [2.05, 4.69) is 15.5 Å². The normalized spacial score (nSPS) is 23.8. The van der Waals surface area contributed by atoms with Crippen molar-refractivity contribution in [1.82, 2.24) is 15.5 Å². The van der Waals surface area contributed by atoms with Gasteiger partial charge in [-0.2, -0.15) is 10.2 Å². The van der Waals surface area contributed by atoms with Crippen LogP contribution in [0, 0.1) is 0 Å². The van der Waals surface area contributed by atoms with Gasteiger partial charge in [-0.3, -0.25) is 0 Å². The molecule has 1 aliphatic heterocycles. The van der Waals surface area contributed by atoms with Crippen molar-refractivity contribution in [2.24, 2.45) is 0 Å². The Kier molecular flexibility index (Phi) is 2.32. The Morgan fingerprint density at radius 1 is 1.33 bits per heavy atom. The standard InChI is InChI=1S/C9H13N3/c1-2-5-10-9(3-1)8-4-6-11-12-7-8/h4,6-7,9-10H,1-3,5H2/t9-/m0/s1. The zero-order chi connectivity index (χ0) is 8.23. The van der Waals surface area contributed by atoms with Gasteiger partial charge in [-0.25, -0.2) is 0 Å². The fourth-order valence-corrected chi connectivity index (χ4v) is 1.64. The third-order valence-electron chi connectivity index (χ3n) is 2.32. The van der Waals surface area contributed by atoms with Crippen LogP contribution >= 0.6 is 0 Å². The molecule has 3 nitrogen and oxygen atoms in total. The average Bonchev–Trinajstić information content (AvgIpc) is 2.21. The van der Waals surface area contributed by atoms with Crippen LogP contribution in [0.4, 0.5) is 0 Å². The molecule has 12 heavy (non-hydrogen) atoms. The molecule has 2 heterocycles. The number of piperidine rings is 1. The molecule has 2 rings (SSSR count). The van der Waals surface area contributed by atoms with Gasteiger partial charge in [-0.05, 0) is 31.0 Å². The first-order chi connectivity index (χ1) is 5.97. The fourth-order valence-electron chi connectivity index (χ4n) is 1.64. The lowest BCUT2D eigenvalue weighted by Crippen LogP contribution is -2.26. The maximum absolute atomic E-state index is 3.87. The van der Waals surface area contributed by atoms with Crippen LogP contribution in [-0.4, -0.2) is 16.7 Å². The lowest BCUT2D eigenvalue weighted by Gasteiger charge is -2.22. The lowest BCUT2D eigenvalue weighted by molar-refractivity contribution is 0.411. The molecular weight excluding hydrogens is 150 g/mol. The number of aromatic nitrogens is 2. The molecule has 0 unspecified atom stereocenters. The summed E-state index contributed by atoms with van der Waals surface area (Å²) in [6, 6.07) is 2.55. The van der Waals surface area contributed by atoms with Gasteiger partial charge in [0.15, 0.2) is 0 Å². The Morgan fingerprint density at radius 2 is 2.33 bits per heavy atom. The molecule has 1 aliphatic rings. The molecule has 0 aliphatic carbocycles. The second kappa shape index (κ2) is 3.63. The zero-order valence-corrected chi connectivity index (χ0v) is 7.03.